The first-order valence-electron chi connectivity index (χ1n) is 8.65. The summed E-state index contributed by atoms with van der Waals surface area (Å²) in [5.74, 6) is 2.56. The minimum atomic E-state index is 0.0282. The van der Waals surface area contributed by atoms with Gasteiger partial charge >= 0.3 is 0 Å². The van der Waals surface area contributed by atoms with Gasteiger partial charge in [0.05, 0.1) is 5.69 Å². The number of fused-ring (bicyclic) bond motifs is 1. The number of aromatic nitrogens is 1. The van der Waals surface area contributed by atoms with Gasteiger partial charge in [0.15, 0.2) is 0 Å². The van der Waals surface area contributed by atoms with Crippen LogP contribution in [0.4, 0.5) is 5.69 Å². The van der Waals surface area contributed by atoms with Crippen molar-refractivity contribution < 1.29 is 9.47 Å². The minimum absolute atomic E-state index is 0.0282. The van der Waals surface area contributed by atoms with E-state index in [1.807, 2.05) is 13.0 Å². The fraction of sp³-hybridized carbons (Fsp3) is 0.706. The Labute approximate surface area is 148 Å². The second-order valence-electron chi connectivity index (χ2n) is 7.28. The van der Waals surface area contributed by atoms with E-state index >= 15 is 0 Å². The lowest BCUT2D eigenvalue weighted by Crippen LogP contribution is -2.32. The normalized spacial score (nSPS) is 32.8. The molecule has 0 bridgehead atoms. The maximum atomic E-state index is 6.13. The molecule has 0 spiro atoms. The summed E-state index contributed by atoms with van der Waals surface area (Å²) in [6.07, 6.45) is 1.56. The van der Waals surface area contributed by atoms with Crippen LogP contribution >= 0.6 is 12.1 Å². The van der Waals surface area contributed by atoms with Gasteiger partial charge in [0.1, 0.15) is 12.2 Å². The van der Waals surface area contributed by atoms with Crippen LogP contribution in [-0.2, 0) is 4.74 Å². The third-order valence-electron chi connectivity index (χ3n) is 5.14. The third kappa shape index (κ3) is 3.64. The van der Waals surface area contributed by atoms with Gasteiger partial charge in [-0.2, -0.15) is 0 Å². The number of aryl methyl sites for hydroxylation is 1. The molecule has 0 radical (unpaired) electrons. The van der Waals surface area contributed by atoms with Crippen LogP contribution in [0.25, 0.3) is 0 Å². The van der Waals surface area contributed by atoms with E-state index in [-0.39, 0.29) is 12.2 Å². The Morgan fingerprint density at radius 2 is 1.92 bits per heavy atom. The summed E-state index contributed by atoms with van der Waals surface area (Å²) >= 11 is 1.70. The van der Waals surface area contributed by atoms with Crippen LogP contribution < -0.4 is 9.46 Å². The van der Waals surface area contributed by atoms with Gasteiger partial charge in [-0.1, -0.05) is 0 Å². The number of ether oxygens (including phenoxy) is 2. The van der Waals surface area contributed by atoms with E-state index in [0.717, 1.165) is 36.3 Å². The number of likely N-dealkylation sites (tertiary alicyclic amines) is 1. The molecule has 1 N–H and O–H groups in total. The molecule has 6 nitrogen and oxygen atoms in total. The summed E-state index contributed by atoms with van der Waals surface area (Å²) in [5.41, 5.74) is 2.00. The maximum absolute atomic E-state index is 6.13. The summed E-state index contributed by atoms with van der Waals surface area (Å²) in [4.78, 5) is 6.76. The predicted molar refractivity (Wildman–Crippen MR) is 96.1 cm³/mol. The summed E-state index contributed by atoms with van der Waals surface area (Å²) in [6, 6.07) is 4.05. The maximum Gasteiger partial charge on any atom is 0.215 e. The van der Waals surface area contributed by atoms with Gasteiger partial charge in [0, 0.05) is 57.2 Å². The van der Waals surface area contributed by atoms with Crippen molar-refractivity contribution in [1.29, 1.82) is 0 Å². The first kappa shape index (κ1) is 16.4. The van der Waals surface area contributed by atoms with E-state index < -0.39 is 0 Å². The van der Waals surface area contributed by atoms with Crippen molar-refractivity contribution in [2.75, 3.05) is 45.1 Å². The monoisotopic (exact) mass is 350 g/mol. The van der Waals surface area contributed by atoms with Crippen molar-refractivity contribution in [3.05, 3.63) is 17.8 Å². The number of likely N-dealkylation sites (N-methyl/N-ethyl adjacent to an activating group) is 1. The van der Waals surface area contributed by atoms with Crippen LogP contribution in [0.2, 0.25) is 0 Å². The molecule has 24 heavy (non-hydrogen) atoms. The summed E-state index contributed by atoms with van der Waals surface area (Å²) in [6.45, 7) is 6.18. The molecule has 3 aliphatic rings. The average molecular weight is 350 g/mol. The largest absolute Gasteiger partial charge is 0.470 e. The Hall–Kier alpha value is -1.02. The molecule has 4 atom stereocenters. The van der Waals surface area contributed by atoms with E-state index in [1.54, 1.807) is 19.2 Å². The Bertz CT molecular complexity index is 592. The van der Waals surface area contributed by atoms with E-state index in [1.165, 1.54) is 19.5 Å². The summed E-state index contributed by atoms with van der Waals surface area (Å²) in [7, 11) is 3.83. The number of piperidine rings is 1. The van der Waals surface area contributed by atoms with Crippen molar-refractivity contribution in [3.8, 4) is 5.88 Å². The first-order valence-corrected chi connectivity index (χ1v) is 9.42. The SMILES string of the molecule is COC1CN(C)CC1Oc1cc(NSN2CC3CC3C2)cc(C)n1. The number of hydrogen-bond donors (Lipinski definition) is 1. The smallest absolute Gasteiger partial charge is 0.215 e. The molecule has 3 fully saturated rings. The average Bonchev–Trinajstić information content (AvgIpc) is 2.99. The number of methoxy groups -OCH3 is 1. The molecule has 1 saturated carbocycles. The number of anilines is 1. The molecular weight excluding hydrogens is 324 g/mol. The van der Waals surface area contributed by atoms with E-state index in [0.29, 0.717) is 5.88 Å². The highest BCUT2D eigenvalue weighted by atomic mass is 32.2. The molecule has 1 aliphatic carbocycles. The molecule has 1 aromatic heterocycles. The van der Waals surface area contributed by atoms with Crippen LogP contribution in [0.3, 0.4) is 0 Å². The van der Waals surface area contributed by atoms with Crippen molar-refractivity contribution in [1.82, 2.24) is 14.2 Å². The zero-order valence-electron chi connectivity index (χ0n) is 14.6. The van der Waals surface area contributed by atoms with Crippen LogP contribution in [-0.4, -0.2) is 66.7 Å². The molecule has 2 aliphatic heterocycles. The number of nitrogens with zero attached hydrogens (tertiary/aromatic N) is 3. The van der Waals surface area contributed by atoms with Crippen LogP contribution in [0.5, 0.6) is 5.88 Å². The van der Waals surface area contributed by atoms with Crippen molar-refractivity contribution in [2.45, 2.75) is 25.6 Å². The van der Waals surface area contributed by atoms with Crippen molar-refractivity contribution in [2.24, 2.45) is 11.8 Å². The lowest BCUT2D eigenvalue weighted by Gasteiger charge is -2.20. The predicted octanol–water partition coefficient (Wildman–Crippen LogP) is 2.02. The Morgan fingerprint density at radius 1 is 1.17 bits per heavy atom. The molecule has 2 saturated heterocycles. The van der Waals surface area contributed by atoms with Gasteiger partial charge in [-0.05, 0) is 38.3 Å². The van der Waals surface area contributed by atoms with E-state index in [9.17, 15) is 0 Å². The second kappa shape index (κ2) is 6.71. The minimum Gasteiger partial charge on any atom is -0.470 e. The van der Waals surface area contributed by atoms with Gasteiger partial charge < -0.3 is 14.2 Å². The fourth-order valence-corrected chi connectivity index (χ4v) is 4.61. The lowest BCUT2D eigenvalue weighted by molar-refractivity contribution is 0.0321. The summed E-state index contributed by atoms with van der Waals surface area (Å²) in [5, 5.41) is 0. The third-order valence-corrected chi connectivity index (χ3v) is 6.02. The highest BCUT2D eigenvalue weighted by molar-refractivity contribution is 7.98. The molecule has 7 heteroatoms. The Morgan fingerprint density at radius 3 is 2.67 bits per heavy atom. The number of nitrogens with one attached hydrogen (secondary N) is 1. The summed E-state index contributed by atoms with van der Waals surface area (Å²) < 4.78 is 17.5. The molecule has 1 aromatic rings. The lowest BCUT2D eigenvalue weighted by atomic mass is 10.2. The Kier molecular flexibility index (Phi) is 4.60. The first-order chi connectivity index (χ1) is 11.6. The highest BCUT2D eigenvalue weighted by Gasteiger charge is 2.45. The van der Waals surface area contributed by atoms with Crippen LogP contribution in [0.1, 0.15) is 12.1 Å². The van der Waals surface area contributed by atoms with Gasteiger partial charge in [-0.15, -0.1) is 0 Å². The van der Waals surface area contributed by atoms with Crippen LogP contribution in [0.15, 0.2) is 12.1 Å². The molecular formula is C17H26N4O2S. The zero-order valence-corrected chi connectivity index (χ0v) is 15.4. The number of rotatable bonds is 6. The molecule has 3 heterocycles. The topological polar surface area (TPSA) is 49.9 Å². The van der Waals surface area contributed by atoms with E-state index in [2.05, 4.69) is 32.0 Å². The van der Waals surface area contributed by atoms with Gasteiger partial charge in [-0.3, -0.25) is 4.90 Å². The second-order valence-corrected chi connectivity index (χ2v) is 8.19. The molecule has 4 rings (SSSR count). The van der Waals surface area contributed by atoms with Crippen molar-refractivity contribution >= 4 is 17.8 Å². The standard InChI is InChI=1S/C17H26N4O2S/c1-11-4-14(19-24-21-7-12-5-13(12)8-21)6-17(18-11)23-16-10-20(2)9-15(16)22-3/h4,6,12-13,15-16H,5,7-10H2,1-3H3,(H,18,19). The van der Waals surface area contributed by atoms with Gasteiger partial charge in [0.2, 0.25) is 5.88 Å². The fourth-order valence-electron chi connectivity index (χ4n) is 3.72. The molecule has 4 unspecified atom stereocenters. The number of pyridine rings is 1. The number of hydrogen-bond acceptors (Lipinski definition) is 7. The Balaban J connectivity index is 1.37. The molecule has 132 valence electrons. The quantitative estimate of drug-likeness (QED) is 0.788. The van der Waals surface area contributed by atoms with E-state index in [4.69, 9.17) is 9.47 Å². The van der Waals surface area contributed by atoms with Gasteiger partial charge in [0.25, 0.3) is 0 Å². The molecule has 0 aromatic carbocycles. The zero-order chi connectivity index (χ0) is 16.7. The molecule has 0 amide bonds. The van der Waals surface area contributed by atoms with Crippen LogP contribution in [0, 0.1) is 18.8 Å². The highest BCUT2D eigenvalue weighted by Crippen LogP contribution is 2.46. The van der Waals surface area contributed by atoms with Crippen molar-refractivity contribution in [3.63, 3.8) is 0 Å². The van der Waals surface area contributed by atoms with Gasteiger partial charge in [-0.25, -0.2) is 9.29 Å².